The molecule has 0 aromatic carbocycles. The van der Waals surface area contributed by atoms with E-state index >= 15 is 0 Å². The van der Waals surface area contributed by atoms with Gasteiger partial charge in [0.2, 0.25) is 5.88 Å². The van der Waals surface area contributed by atoms with Crippen LogP contribution < -0.4 is 4.74 Å². The number of thioether (sulfide) groups is 1. The summed E-state index contributed by atoms with van der Waals surface area (Å²) in [7, 11) is 1.58. The fourth-order valence-corrected chi connectivity index (χ4v) is 2.72. The van der Waals surface area contributed by atoms with Gasteiger partial charge in [0, 0.05) is 18.0 Å². The summed E-state index contributed by atoms with van der Waals surface area (Å²) in [6.07, 6.45) is 5.00. The predicted octanol–water partition coefficient (Wildman–Crippen LogP) is 3.01. The van der Waals surface area contributed by atoms with Gasteiger partial charge in [-0.3, -0.25) is 9.55 Å². The molecule has 0 bridgehead atoms. The summed E-state index contributed by atoms with van der Waals surface area (Å²) in [6, 6.07) is 7.41. The zero-order valence-electron chi connectivity index (χ0n) is 11.7. The largest absolute Gasteiger partial charge is 0.481 e. The molecule has 8 heteroatoms. The van der Waals surface area contributed by atoms with Crippen LogP contribution in [-0.4, -0.2) is 31.8 Å². The second kappa shape index (κ2) is 6.76. The first kappa shape index (κ1) is 14.8. The molecule has 0 aliphatic carbocycles. The van der Waals surface area contributed by atoms with Gasteiger partial charge in [-0.15, -0.1) is 10.2 Å². The molecule has 0 saturated heterocycles. The second-order valence-electron chi connectivity index (χ2n) is 4.30. The first-order chi connectivity index (χ1) is 10.8. The van der Waals surface area contributed by atoms with Crippen molar-refractivity contribution in [3.05, 3.63) is 53.7 Å². The number of halogens is 1. The molecule has 3 aromatic rings. The minimum atomic E-state index is 0.566. The van der Waals surface area contributed by atoms with Crippen molar-refractivity contribution in [3.63, 3.8) is 0 Å². The van der Waals surface area contributed by atoms with Crippen molar-refractivity contribution in [3.8, 4) is 11.6 Å². The Bertz CT molecular complexity index is 745. The summed E-state index contributed by atoms with van der Waals surface area (Å²) in [4.78, 5) is 8.45. The third kappa shape index (κ3) is 3.37. The van der Waals surface area contributed by atoms with Gasteiger partial charge in [0.25, 0.3) is 0 Å². The molecule has 0 atom stereocenters. The monoisotopic (exact) mass is 333 g/mol. The summed E-state index contributed by atoms with van der Waals surface area (Å²) >= 11 is 7.37. The quantitative estimate of drug-likeness (QED) is 0.669. The van der Waals surface area contributed by atoms with E-state index in [1.165, 1.54) is 0 Å². The molecule has 0 saturated carbocycles. The lowest BCUT2D eigenvalue weighted by Gasteiger charge is -2.06. The number of hydrogen-bond acceptors (Lipinski definition) is 6. The van der Waals surface area contributed by atoms with Gasteiger partial charge in [0.15, 0.2) is 5.16 Å². The molecule has 0 amide bonds. The smallest absolute Gasteiger partial charge is 0.213 e. The Labute approximate surface area is 136 Å². The van der Waals surface area contributed by atoms with Gasteiger partial charge in [-0.1, -0.05) is 23.4 Å². The van der Waals surface area contributed by atoms with Crippen molar-refractivity contribution in [1.29, 1.82) is 0 Å². The van der Waals surface area contributed by atoms with Gasteiger partial charge in [-0.05, 0) is 18.2 Å². The van der Waals surface area contributed by atoms with E-state index in [-0.39, 0.29) is 0 Å². The maximum atomic E-state index is 5.83. The molecule has 22 heavy (non-hydrogen) atoms. The van der Waals surface area contributed by atoms with Gasteiger partial charge in [-0.25, -0.2) is 4.98 Å². The van der Waals surface area contributed by atoms with Crippen LogP contribution in [0.5, 0.6) is 5.88 Å². The third-order valence-electron chi connectivity index (χ3n) is 2.86. The van der Waals surface area contributed by atoms with Crippen molar-refractivity contribution in [2.24, 2.45) is 0 Å². The number of hydrogen-bond donors (Lipinski definition) is 0. The highest BCUT2D eigenvalue weighted by Gasteiger charge is 2.08. The average molecular weight is 334 g/mol. The Hall–Kier alpha value is -2.12. The molecule has 0 fully saturated rings. The summed E-state index contributed by atoms with van der Waals surface area (Å²) in [5, 5.41) is 9.48. The third-order valence-corrected chi connectivity index (χ3v) is 4.06. The maximum Gasteiger partial charge on any atom is 0.213 e. The molecule has 3 heterocycles. The molecular formula is C14H12ClN5OS. The Morgan fingerprint density at radius 2 is 2.09 bits per heavy atom. The number of aromatic nitrogens is 5. The van der Waals surface area contributed by atoms with Crippen molar-refractivity contribution in [2.75, 3.05) is 7.11 Å². The van der Waals surface area contributed by atoms with Crippen molar-refractivity contribution in [2.45, 2.75) is 10.9 Å². The van der Waals surface area contributed by atoms with E-state index in [0.717, 1.165) is 16.5 Å². The summed E-state index contributed by atoms with van der Waals surface area (Å²) < 4.78 is 6.92. The Morgan fingerprint density at radius 3 is 2.77 bits per heavy atom. The van der Waals surface area contributed by atoms with Crippen LogP contribution in [0.2, 0.25) is 5.02 Å². The molecule has 0 spiro atoms. The molecule has 0 aliphatic rings. The number of ether oxygens (including phenoxy) is 1. The lowest BCUT2D eigenvalue weighted by Crippen LogP contribution is -1.97. The van der Waals surface area contributed by atoms with Gasteiger partial charge in [-0.2, -0.15) is 0 Å². The van der Waals surface area contributed by atoms with E-state index < -0.39 is 0 Å². The van der Waals surface area contributed by atoms with E-state index in [0.29, 0.717) is 16.7 Å². The molecule has 6 nitrogen and oxygen atoms in total. The molecule has 0 N–H and O–H groups in total. The van der Waals surface area contributed by atoms with Gasteiger partial charge >= 0.3 is 0 Å². The average Bonchev–Trinajstić information content (AvgIpc) is 3.03. The zero-order chi connectivity index (χ0) is 15.4. The van der Waals surface area contributed by atoms with E-state index in [1.807, 2.05) is 22.8 Å². The topological polar surface area (TPSA) is 65.7 Å². The fraction of sp³-hybridized carbons (Fsp3) is 0.143. The first-order valence-corrected chi connectivity index (χ1v) is 7.76. The van der Waals surface area contributed by atoms with Crippen LogP contribution in [0.25, 0.3) is 5.69 Å². The summed E-state index contributed by atoms with van der Waals surface area (Å²) in [5.41, 5.74) is 1.80. The summed E-state index contributed by atoms with van der Waals surface area (Å²) in [5.74, 6) is 1.25. The number of methoxy groups -OCH3 is 1. The van der Waals surface area contributed by atoms with Crippen LogP contribution >= 0.6 is 23.4 Å². The summed E-state index contributed by atoms with van der Waals surface area (Å²) in [6.45, 7) is 0. The molecule has 0 unspecified atom stereocenters. The lowest BCUT2D eigenvalue weighted by molar-refractivity contribution is 0.397. The van der Waals surface area contributed by atoms with Crippen molar-refractivity contribution in [1.82, 2.24) is 24.7 Å². The fourth-order valence-electron chi connectivity index (χ4n) is 1.77. The second-order valence-corrected chi connectivity index (χ2v) is 5.68. The zero-order valence-corrected chi connectivity index (χ0v) is 13.3. The van der Waals surface area contributed by atoms with Crippen molar-refractivity contribution < 1.29 is 4.74 Å². The SMILES string of the molecule is COc1ccc(-n2cnnc2SCc2ccc(Cl)cn2)cn1. The van der Waals surface area contributed by atoms with Crippen LogP contribution in [0.15, 0.2) is 48.1 Å². The number of rotatable bonds is 5. The first-order valence-electron chi connectivity index (χ1n) is 6.40. The van der Waals surface area contributed by atoms with E-state index in [9.17, 15) is 0 Å². The standard InChI is InChI=1S/C14H12ClN5OS/c1-21-13-5-4-12(7-17-13)20-9-18-19-14(20)22-8-11-3-2-10(15)6-16-11/h2-7,9H,8H2,1H3. The van der Waals surface area contributed by atoms with E-state index in [1.54, 1.807) is 43.7 Å². The van der Waals surface area contributed by atoms with Gasteiger partial charge in [0.1, 0.15) is 6.33 Å². The molecule has 0 radical (unpaired) electrons. The highest BCUT2D eigenvalue weighted by atomic mass is 35.5. The molecular weight excluding hydrogens is 322 g/mol. The van der Waals surface area contributed by atoms with Crippen LogP contribution in [0.4, 0.5) is 0 Å². The highest BCUT2D eigenvalue weighted by molar-refractivity contribution is 7.98. The Kier molecular flexibility index (Phi) is 4.55. The van der Waals surface area contributed by atoms with E-state index in [4.69, 9.17) is 16.3 Å². The number of pyridine rings is 2. The Balaban J connectivity index is 1.75. The van der Waals surface area contributed by atoms with Crippen LogP contribution in [0.3, 0.4) is 0 Å². The highest BCUT2D eigenvalue weighted by Crippen LogP contribution is 2.23. The van der Waals surface area contributed by atoms with Crippen LogP contribution in [-0.2, 0) is 5.75 Å². The van der Waals surface area contributed by atoms with E-state index in [2.05, 4.69) is 20.2 Å². The normalized spacial score (nSPS) is 10.6. The Morgan fingerprint density at radius 1 is 1.18 bits per heavy atom. The predicted molar refractivity (Wildman–Crippen MR) is 84.5 cm³/mol. The molecule has 112 valence electrons. The minimum absolute atomic E-state index is 0.566. The molecule has 0 aliphatic heterocycles. The van der Waals surface area contributed by atoms with Gasteiger partial charge < -0.3 is 4.74 Å². The van der Waals surface area contributed by atoms with Gasteiger partial charge in [0.05, 0.1) is 29.7 Å². The number of nitrogens with zero attached hydrogens (tertiary/aromatic N) is 5. The molecule has 3 rings (SSSR count). The lowest BCUT2D eigenvalue weighted by atomic mass is 10.4. The van der Waals surface area contributed by atoms with Crippen LogP contribution in [0, 0.1) is 0 Å². The van der Waals surface area contributed by atoms with Crippen molar-refractivity contribution >= 4 is 23.4 Å². The minimum Gasteiger partial charge on any atom is -0.481 e. The molecule has 3 aromatic heterocycles. The maximum absolute atomic E-state index is 5.83. The van der Waals surface area contributed by atoms with Crippen LogP contribution in [0.1, 0.15) is 5.69 Å².